The summed E-state index contributed by atoms with van der Waals surface area (Å²) >= 11 is 0. The van der Waals surface area contributed by atoms with Gasteiger partial charge in [-0.2, -0.15) is 0 Å². The van der Waals surface area contributed by atoms with Gasteiger partial charge in [-0.3, -0.25) is 9.59 Å². The van der Waals surface area contributed by atoms with Crippen LogP contribution >= 0.6 is 0 Å². The van der Waals surface area contributed by atoms with Crippen LogP contribution in [0.4, 0.5) is 0 Å². The van der Waals surface area contributed by atoms with Gasteiger partial charge in [0, 0.05) is 18.2 Å². The highest BCUT2D eigenvalue weighted by molar-refractivity contribution is 5.94. The van der Waals surface area contributed by atoms with E-state index in [1.165, 1.54) is 0 Å². The molecule has 0 aromatic heterocycles. The van der Waals surface area contributed by atoms with E-state index in [9.17, 15) is 9.59 Å². The molecule has 1 aromatic carbocycles. The van der Waals surface area contributed by atoms with Crippen LogP contribution in [0.5, 0.6) is 0 Å². The number of carbonyl (C=O) groups excluding carboxylic acids is 2. The fourth-order valence-corrected chi connectivity index (χ4v) is 2.04. The van der Waals surface area contributed by atoms with Gasteiger partial charge in [-0.25, -0.2) is 0 Å². The van der Waals surface area contributed by atoms with Crippen molar-refractivity contribution in [2.75, 3.05) is 6.54 Å². The molecule has 2 atom stereocenters. The molecule has 2 amide bonds. The first-order valence-electron chi connectivity index (χ1n) is 8.13. The summed E-state index contributed by atoms with van der Waals surface area (Å²) in [5.74, 6) is -0.0454. The van der Waals surface area contributed by atoms with E-state index in [4.69, 9.17) is 5.73 Å². The Hall–Kier alpha value is -1.88. The minimum atomic E-state index is -0.532. The monoisotopic (exact) mass is 319 g/mol. The van der Waals surface area contributed by atoms with Crippen LogP contribution in [0.3, 0.4) is 0 Å². The number of nitrogens with two attached hydrogens (primary N) is 1. The molecule has 0 spiro atoms. The average molecular weight is 319 g/mol. The van der Waals surface area contributed by atoms with Gasteiger partial charge < -0.3 is 16.4 Å². The summed E-state index contributed by atoms with van der Waals surface area (Å²) in [6, 6.07) is 6.73. The average Bonchev–Trinajstić information content (AvgIpc) is 2.50. The SMILES string of the molecule is Cc1ccc(C(=O)N[C@@H](CNC(=O)[C@@H](N)C(C)C)C(C)C)cc1. The van der Waals surface area contributed by atoms with Crippen LogP contribution in [0.15, 0.2) is 24.3 Å². The Bertz CT molecular complexity index is 524. The van der Waals surface area contributed by atoms with Crippen molar-refractivity contribution in [1.29, 1.82) is 0 Å². The molecule has 1 rings (SSSR count). The predicted octanol–water partition coefficient (Wildman–Crippen LogP) is 1.85. The van der Waals surface area contributed by atoms with Crippen molar-refractivity contribution >= 4 is 11.8 Å². The second-order valence-electron chi connectivity index (χ2n) is 6.70. The number of rotatable bonds is 7. The molecule has 0 radical (unpaired) electrons. The van der Waals surface area contributed by atoms with Gasteiger partial charge >= 0.3 is 0 Å². The number of benzene rings is 1. The van der Waals surface area contributed by atoms with E-state index < -0.39 is 6.04 Å². The van der Waals surface area contributed by atoms with Crippen LogP contribution in [-0.2, 0) is 4.79 Å². The zero-order chi connectivity index (χ0) is 17.6. The van der Waals surface area contributed by atoms with Crippen LogP contribution in [0.25, 0.3) is 0 Å². The van der Waals surface area contributed by atoms with Crippen molar-refractivity contribution in [3.63, 3.8) is 0 Å². The van der Waals surface area contributed by atoms with E-state index in [0.717, 1.165) is 5.56 Å². The number of aryl methyl sites for hydroxylation is 1. The van der Waals surface area contributed by atoms with Gasteiger partial charge in [0.25, 0.3) is 5.91 Å². The molecule has 5 heteroatoms. The maximum atomic E-state index is 12.3. The highest BCUT2D eigenvalue weighted by atomic mass is 16.2. The molecule has 0 heterocycles. The van der Waals surface area contributed by atoms with E-state index in [1.54, 1.807) is 12.1 Å². The van der Waals surface area contributed by atoms with Gasteiger partial charge in [0.05, 0.1) is 6.04 Å². The maximum absolute atomic E-state index is 12.3. The van der Waals surface area contributed by atoms with Gasteiger partial charge in [0.15, 0.2) is 0 Å². The molecule has 128 valence electrons. The molecule has 4 N–H and O–H groups in total. The third-order valence-electron chi connectivity index (χ3n) is 3.95. The third-order valence-corrected chi connectivity index (χ3v) is 3.95. The molecule has 5 nitrogen and oxygen atoms in total. The summed E-state index contributed by atoms with van der Waals surface area (Å²) in [5, 5.41) is 5.81. The fraction of sp³-hybridized carbons (Fsp3) is 0.556. The maximum Gasteiger partial charge on any atom is 0.251 e. The molecule has 0 saturated heterocycles. The van der Waals surface area contributed by atoms with Crippen molar-refractivity contribution in [3.8, 4) is 0 Å². The zero-order valence-electron chi connectivity index (χ0n) is 14.7. The molecule has 0 aliphatic rings. The van der Waals surface area contributed by atoms with Gasteiger partial charge in [-0.1, -0.05) is 45.4 Å². The summed E-state index contributed by atoms with van der Waals surface area (Å²) in [6.07, 6.45) is 0. The lowest BCUT2D eigenvalue weighted by Crippen LogP contribution is -2.51. The van der Waals surface area contributed by atoms with Gasteiger partial charge in [0.2, 0.25) is 5.91 Å². The molecule has 0 unspecified atom stereocenters. The highest BCUT2D eigenvalue weighted by Gasteiger charge is 2.21. The first kappa shape index (κ1) is 19.2. The van der Waals surface area contributed by atoms with Gasteiger partial charge in [-0.15, -0.1) is 0 Å². The Morgan fingerprint density at radius 3 is 2.09 bits per heavy atom. The van der Waals surface area contributed by atoms with Crippen molar-refractivity contribution in [2.24, 2.45) is 17.6 Å². The molecule has 0 saturated carbocycles. The Kier molecular flexibility index (Phi) is 7.23. The number of nitrogens with one attached hydrogen (secondary N) is 2. The molecular weight excluding hydrogens is 290 g/mol. The van der Waals surface area contributed by atoms with Gasteiger partial charge in [-0.05, 0) is 30.9 Å². The minimum absolute atomic E-state index is 0.0784. The van der Waals surface area contributed by atoms with E-state index >= 15 is 0 Å². The summed E-state index contributed by atoms with van der Waals surface area (Å²) < 4.78 is 0. The van der Waals surface area contributed by atoms with Crippen LogP contribution in [0.2, 0.25) is 0 Å². The van der Waals surface area contributed by atoms with Crippen LogP contribution in [0, 0.1) is 18.8 Å². The van der Waals surface area contributed by atoms with Crippen molar-refractivity contribution in [3.05, 3.63) is 35.4 Å². The Morgan fingerprint density at radius 1 is 1.04 bits per heavy atom. The normalized spacial score (nSPS) is 13.7. The number of hydrogen-bond acceptors (Lipinski definition) is 3. The van der Waals surface area contributed by atoms with Crippen LogP contribution < -0.4 is 16.4 Å². The lowest BCUT2D eigenvalue weighted by atomic mass is 10.0. The molecule has 0 aliphatic heterocycles. The Labute approximate surface area is 139 Å². The molecule has 23 heavy (non-hydrogen) atoms. The van der Waals surface area contributed by atoms with E-state index in [1.807, 2.05) is 46.8 Å². The highest BCUT2D eigenvalue weighted by Crippen LogP contribution is 2.06. The lowest BCUT2D eigenvalue weighted by molar-refractivity contribution is -0.123. The second-order valence-corrected chi connectivity index (χ2v) is 6.70. The molecule has 1 aromatic rings. The smallest absolute Gasteiger partial charge is 0.251 e. The first-order valence-corrected chi connectivity index (χ1v) is 8.13. The summed E-state index contributed by atoms with van der Waals surface area (Å²) in [5.41, 5.74) is 7.55. The summed E-state index contributed by atoms with van der Waals surface area (Å²) in [6.45, 7) is 10.2. The van der Waals surface area contributed by atoms with Gasteiger partial charge in [0.1, 0.15) is 0 Å². The van der Waals surface area contributed by atoms with Crippen LogP contribution in [-0.4, -0.2) is 30.4 Å². The molecule has 0 aliphatic carbocycles. The third kappa shape index (κ3) is 6.02. The minimum Gasteiger partial charge on any atom is -0.353 e. The fourth-order valence-electron chi connectivity index (χ4n) is 2.04. The summed E-state index contributed by atoms with van der Waals surface area (Å²) in [4.78, 5) is 24.3. The molecule has 0 bridgehead atoms. The van der Waals surface area contributed by atoms with Crippen molar-refractivity contribution in [2.45, 2.75) is 46.7 Å². The quantitative estimate of drug-likeness (QED) is 0.717. The Balaban J connectivity index is 2.63. The standard InChI is InChI=1S/C18H29N3O2/c1-11(2)15(10-20-18(23)16(19)12(3)4)21-17(22)14-8-6-13(5)7-9-14/h6-9,11-12,15-16H,10,19H2,1-5H3,(H,20,23)(H,21,22)/t15-,16-/m0/s1. The number of carbonyl (C=O) groups is 2. The van der Waals surface area contributed by atoms with Crippen LogP contribution in [0.1, 0.15) is 43.6 Å². The van der Waals surface area contributed by atoms with Crippen molar-refractivity contribution < 1.29 is 9.59 Å². The first-order chi connectivity index (χ1) is 10.7. The number of hydrogen-bond donors (Lipinski definition) is 3. The largest absolute Gasteiger partial charge is 0.353 e. The van der Waals surface area contributed by atoms with E-state index in [0.29, 0.717) is 12.1 Å². The zero-order valence-corrected chi connectivity index (χ0v) is 14.7. The molecular formula is C18H29N3O2. The predicted molar refractivity (Wildman–Crippen MR) is 93.1 cm³/mol. The van der Waals surface area contributed by atoms with E-state index in [-0.39, 0.29) is 29.7 Å². The van der Waals surface area contributed by atoms with Crippen molar-refractivity contribution in [1.82, 2.24) is 10.6 Å². The second kappa shape index (κ2) is 8.67. The topological polar surface area (TPSA) is 84.2 Å². The summed E-state index contributed by atoms with van der Waals surface area (Å²) in [7, 11) is 0. The Morgan fingerprint density at radius 2 is 1.61 bits per heavy atom. The number of amides is 2. The molecule has 0 fully saturated rings. The lowest BCUT2D eigenvalue weighted by Gasteiger charge is -2.24. The van der Waals surface area contributed by atoms with E-state index in [2.05, 4.69) is 10.6 Å².